The zero-order chi connectivity index (χ0) is 25.3. The van der Waals surface area contributed by atoms with Gasteiger partial charge in [0.25, 0.3) is 0 Å². The molecule has 0 bridgehead atoms. The van der Waals surface area contributed by atoms with Gasteiger partial charge < -0.3 is 40.1 Å². The Hall–Kier alpha value is -1.66. The van der Waals surface area contributed by atoms with E-state index in [1.807, 2.05) is 0 Å². The van der Waals surface area contributed by atoms with E-state index >= 15 is 0 Å². The van der Waals surface area contributed by atoms with E-state index in [9.17, 15) is 48.6 Å². The van der Waals surface area contributed by atoms with E-state index in [0.29, 0.717) is 0 Å². The second-order valence-electron chi connectivity index (χ2n) is 6.09. The third-order valence-corrected chi connectivity index (χ3v) is 3.34. The van der Waals surface area contributed by atoms with E-state index in [1.54, 1.807) is 0 Å². The Bertz CT molecular complexity index is 810. The molecule has 6 N–H and O–H groups in total. The third kappa shape index (κ3) is 13.9. The predicted molar refractivity (Wildman–Crippen MR) is 107 cm³/mol. The van der Waals surface area contributed by atoms with Crippen LogP contribution in [-0.4, -0.2) is 165 Å². The van der Waals surface area contributed by atoms with E-state index < -0.39 is 84.6 Å². The van der Waals surface area contributed by atoms with Crippen LogP contribution in [0.25, 0.3) is 0 Å². The predicted octanol–water partition coefficient (Wildman–Crippen LogP) is -4.79. The van der Waals surface area contributed by atoms with Crippen LogP contribution in [0.3, 0.4) is 0 Å². The van der Waals surface area contributed by atoms with Crippen LogP contribution in [0.1, 0.15) is 25.7 Å². The van der Waals surface area contributed by atoms with Crippen LogP contribution in [-0.2, 0) is 47.8 Å². The summed E-state index contributed by atoms with van der Waals surface area (Å²) in [6.45, 7) is 0. The van der Waals surface area contributed by atoms with Crippen molar-refractivity contribution in [2.24, 2.45) is 0 Å². The molecule has 0 aliphatic rings. The number of hydrogen-bond acceptors (Lipinski definition) is 12. The average molecular weight is 548 g/mol. The second kappa shape index (κ2) is 16.1. The topological polar surface area (TPSA) is 276 Å². The van der Waals surface area contributed by atoms with E-state index in [0.717, 1.165) is 0 Å². The molecule has 2 atom stereocenters. The van der Waals surface area contributed by atoms with Gasteiger partial charge in [-0.2, -0.15) is 0 Å². The minimum absolute atomic E-state index is 0. The fourth-order valence-electron chi connectivity index (χ4n) is 1.91. The summed E-state index contributed by atoms with van der Waals surface area (Å²) in [4.78, 5) is 88.7. The average Bonchev–Trinajstić information content (AvgIpc) is 2.57. The minimum atomic E-state index is -3.09. The van der Waals surface area contributed by atoms with Crippen LogP contribution in [0.15, 0.2) is 12.2 Å². The summed E-state index contributed by atoms with van der Waals surface area (Å²) in [6.07, 6.45) is -5.31. The van der Waals surface area contributed by atoms with Gasteiger partial charge in [-0.25, -0.2) is 19.2 Å². The fourth-order valence-corrected chi connectivity index (χ4v) is 1.91. The molecule has 0 aliphatic heterocycles. The number of carboxylic acid groups (broad SMARTS) is 4. The molecule has 0 aromatic heterocycles. The molecule has 0 saturated heterocycles. The Labute approximate surface area is 248 Å². The van der Waals surface area contributed by atoms with Gasteiger partial charge in [0.2, 0.25) is 0 Å². The number of aliphatic hydroxyl groups is 2. The van der Waals surface area contributed by atoms with Crippen LogP contribution >= 0.6 is 0 Å². The molecule has 184 valence electrons. The molecular weight excluding hydrogens is 528 g/mol. The first-order valence-electron chi connectivity index (χ1n) is 8.03. The summed E-state index contributed by atoms with van der Waals surface area (Å²) in [6, 6.07) is 0. The first-order chi connectivity index (χ1) is 14.5. The molecule has 0 rings (SSSR count). The summed E-state index contributed by atoms with van der Waals surface area (Å²) in [5, 5.41) is 53.9. The molecule has 0 aliphatic carbocycles. The number of carbonyl (C=O) groups excluding carboxylic acids is 4. The Balaban J connectivity index is -0.00000480. The van der Waals surface area contributed by atoms with Gasteiger partial charge in [-0.05, 0) is 0 Å². The molecule has 34 heavy (non-hydrogen) atoms. The van der Waals surface area contributed by atoms with Gasteiger partial charge >= 0.3 is 123 Å². The molecule has 0 aromatic rings. The van der Waals surface area contributed by atoms with Gasteiger partial charge in [0.1, 0.15) is 0 Å². The van der Waals surface area contributed by atoms with Crippen molar-refractivity contribution in [1.82, 2.24) is 0 Å². The second-order valence-corrected chi connectivity index (χ2v) is 6.09. The number of hydrogen-bond donors (Lipinski definition) is 6. The number of rotatable bonds is 12. The van der Waals surface area contributed by atoms with Gasteiger partial charge in [-0.1, -0.05) is 0 Å². The van der Waals surface area contributed by atoms with Crippen molar-refractivity contribution in [3.05, 3.63) is 12.2 Å². The van der Waals surface area contributed by atoms with Crippen molar-refractivity contribution in [3.63, 3.8) is 0 Å². The quantitative estimate of drug-likeness (QED) is 0.0577. The summed E-state index contributed by atoms with van der Waals surface area (Å²) >= 11 is 0. The summed E-state index contributed by atoms with van der Waals surface area (Å²) in [5.74, 6) is -14.4. The van der Waals surface area contributed by atoms with Crippen LogP contribution in [0.4, 0.5) is 0 Å². The normalized spacial score (nSPS) is 13.6. The first kappa shape index (κ1) is 36.9. The molecule has 0 amide bonds. The number of ether oxygens (including phenoxy) is 2. The number of esters is 4. The zero-order valence-electron chi connectivity index (χ0n) is 15.7. The molecular formula is C16H20Ca2O16. The van der Waals surface area contributed by atoms with Crippen molar-refractivity contribution >= 4 is 123 Å². The van der Waals surface area contributed by atoms with Crippen molar-refractivity contribution in [2.75, 3.05) is 0 Å². The maximum atomic E-state index is 11.5. The molecule has 16 nitrogen and oxygen atoms in total. The molecule has 0 spiro atoms. The van der Waals surface area contributed by atoms with Gasteiger partial charge in [-0.15, -0.1) is 0 Å². The number of carbonyl (C=O) groups is 8. The van der Waals surface area contributed by atoms with E-state index in [2.05, 4.69) is 9.47 Å². The van der Waals surface area contributed by atoms with Crippen LogP contribution < -0.4 is 0 Å². The summed E-state index contributed by atoms with van der Waals surface area (Å²) in [5.41, 5.74) is -6.18. The van der Waals surface area contributed by atoms with Gasteiger partial charge in [0, 0.05) is 12.2 Å². The van der Waals surface area contributed by atoms with Crippen molar-refractivity contribution < 1.29 is 78.5 Å². The van der Waals surface area contributed by atoms with Crippen molar-refractivity contribution in [3.8, 4) is 0 Å². The van der Waals surface area contributed by atoms with Gasteiger partial charge in [-0.3, -0.25) is 19.2 Å². The van der Waals surface area contributed by atoms with Crippen molar-refractivity contribution in [2.45, 2.75) is 36.9 Å². The third-order valence-electron chi connectivity index (χ3n) is 3.34. The van der Waals surface area contributed by atoms with Crippen molar-refractivity contribution in [1.29, 1.82) is 0 Å². The van der Waals surface area contributed by atoms with Crippen LogP contribution in [0, 0.1) is 0 Å². The number of carboxylic acids is 4. The fraction of sp³-hybridized carbons (Fsp3) is 0.375. The monoisotopic (exact) mass is 548 g/mol. The van der Waals surface area contributed by atoms with Gasteiger partial charge in [0.15, 0.2) is 11.2 Å². The van der Waals surface area contributed by atoms with Gasteiger partial charge in [0.05, 0.1) is 25.7 Å². The molecule has 0 heterocycles. The van der Waals surface area contributed by atoms with Crippen LogP contribution in [0.5, 0.6) is 0 Å². The molecule has 0 radical (unpaired) electrons. The molecule has 0 fully saturated rings. The maximum absolute atomic E-state index is 11.5. The summed E-state index contributed by atoms with van der Waals surface area (Å²) < 4.78 is 8.06. The molecule has 2 unspecified atom stereocenters. The van der Waals surface area contributed by atoms with E-state index in [-0.39, 0.29) is 87.6 Å². The van der Waals surface area contributed by atoms with Crippen LogP contribution in [0.2, 0.25) is 0 Å². The molecule has 18 heteroatoms. The Kier molecular flexibility index (Phi) is 17.5. The Morgan fingerprint density at radius 3 is 1.03 bits per heavy atom. The number of aliphatic carboxylic acids is 4. The SMILES string of the molecule is O=C(O)CC(O)(CC(=O)OC(=O)/C=C\C(=O)OC(=O)CC(O)(CC(=O)O)C(=O)O)C(=O)O.[CaH2].[CaH2]. The zero-order valence-corrected chi connectivity index (χ0v) is 15.7. The van der Waals surface area contributed by atoms with E-state index in [1.165, 1.54) is 0 Å². The Morgan fingerprint density at radius 2 is 0.824 bits per heavy atom. The van der Waals surface area contributed by atoms with E-state index in [4.69, 9.17) is 20.4 Å². The first-order valence-corrected chi connectivity index (χ1v) is 8.03. The molecule has 0 aromatic carbocycles. The summed E-state index contributed by atoms with van der Waals surface area (Å²) in [7, 11) is 0. The Morgan fingerprint density at radius 1 is 0.559 bits per heavy atom. The standard InChI is InChI=1S/C16H16O16.2Ca.4H/c17-7(18)3-15(29,13(25)26)5-11(23)31-9(21)1-2-10(22)32-12(24)6-16(30,14(27)28)4-8(19)20;;;;;;/h1-2,29-30H,3-6H2,(H,17,18)(H,19,20)(H,25,26)(H,27,28);;;;;;/b2-1-;;;;;;. The molecule has 0 saturated carbocycles.